The Balaban J connectivity index is 1.23. The molecule has 3 N–H and O–H groups in total. The highest BCUT2D eigenvalue weighted by Crippen LogP contribution is 2.28. The van der Waals surface area contributed by atoms with E-state index in [1.165, 1.54) is 17.0 Å². The maximum absolute atomic E-state index is 12.8. The summed E-state index contributed by atoms with van der Waals surface area (Å²) in [5, 5.41) is 16.7. The molecule has 40 heavy (non-hydrogen) atoms. The number of rotatable bonds is 10. The van der Waals surface area contributed by atoms with Crippen LogP contribution in [0.25, 0.3) is 0 Å². The predicted octanol–water partition coefficient (Wildman–Crippen LogP) is 3.12. The highest BCUT2D eigenvalue weighted by atomic mass is 19.4. The molecule has 1 fully saturated rings. The number of aliphatic hydroxyl groups is 1. The highest BCUT2D eigenvalue weighted by Gasteiger charge is 2.35. The molecule has 0 saturated carbocycles. The summed E-state index contributed by atoms with van der Waals surface area (Å²) >= 11 is 0. The molecule has 1 atom stereocenters. The molecule has 10 nitrogen and oxygen atoms in total. The second-order valence-electron chi connectivity index (χ2n) is 9.98. The van der Waals surface area contributed by atoms with Crippen molar-refractivity contribution in [1.82, 2.24) is 24.4 Å². The molecule has 0 bridgehead atoms. The molecule has 1 aliphatic heterocycles. The zero-order valence-electron chi connectivity index (χ0n) is 22.1. The van der Waals surface area contributed by atoms with E-state index in [2.05, 4.69) is 25.6 Å². The van der Waals surface area contributed by atoms with Crippen molar-refractivity contribution in [2.75, 3.05) is 36.8 Å². The van der Waals surface area contributed by atoms with Crippen LogP contribution in [0.1, 0.15) is 43.4 Å². The SMILES string of the molecule is CC(CC(=O)N1CCC(O)(Cn2cnc(NCCNc3nccc(C(F)(F)F)n3)cc2=O)CC1)c1ccccc1. The van der Waals surface area contributed by atoms with Gasteiger partial charge in [0.1, 0.15) is 11.5 Å². The van der Waals surface area contributed by atoms with E-state index >= 15 is 0 Å². The molecule has 0 spiro atoms. The zero-order chi connectivity index (χ0) is 28.8. The average Bonchev–Trinajstić information content (AvgIpc) is 2.93. The van der Waals surface area contributed by atoms with E-state index in [1.807, 2.05) is 37.3 Å². The average molecular weight is 560 g/mol. The van der Waals surface area contributed by atoms with Gasteiger partial charge in [-0.3, -0.25) is 14.2 Å². The van der Waals surface area contributed by atoms with Crippen molar-refractivity contribution in [3.05, 3.63) is 76.6 Å². The number of hydrogen-bond donors (Lipinski definition) is 3. The number of carbonyl (C=O) groups excluding carboxylic acids is 1. The molecule has 1 unspecified atom stereocenters. The number of piperidine rings is 1. The molecule has 0 radical (unpaired) electrons. The molecule has 13 heteroatoms. The van der Waals surface area contributed by atoms with E-state index in [0.717, 1.165) is 17.8 Å². The molecule has 1 aromatic carbocycles. The first-order chi connectivity index (χ1) is 19.0. The van der Waals surface area contributed by atoms with Crippen LogP contribution in [0.5, 0.6) is 0 Å². The van der Waals surface area contributed by atoms with Crippen LogP contribution in [0.3, 0.4) is 0 Å². The third kappa shape index (κ3) is 7.78. The second kappa shape index (κ2) is 12.5. The smallest absolute Gasteiger partial charge is 0.388 e. The third-order valence-corrected chi connectivity index (χ3v) is 6.90. The molecular formula is C27H32F3N7O3. The highest BCUT2D eigenvalue weighted by molar-refractivity contribution is 5.77. The monoisotopic (exact) mass is 559 g/mol. The molecule has 2 aromatic heterocycles. The Bertz CT molecular complexity index is 1340. The van der Waals surface area contributed by atoms with Crippen LogP contribution in [0.2, 0.25) is 0 Å². The maximum Gasteiger partial charge on any atom is 0.433 e. The van der Waals surface area contributed by atoms with Gasteiger partial charge in [0.15, 0.2) is 0 Å². The summed E-state index contributed by atoms with van der Waals surface area (Å²) in [6.45, 7) is 3.31. The number of carbonyl (C=O) groups is 1. The standard InChI is InChI=1S/C27H32F3N7O3/c1-19(20-5-3-2-4-6-20)15-23(38)36-13-8-26(40,9-14-36)17-37-18-34-22(16-24(37)39)31-11-12-33-25-32-10-7-21(35-25)27(28,29)30/h2-7,10,16,18-19,31,40H,8-9,11-15,17H2,1H3,(H,32,33,35). The first-order valence-electron chi connectivity index (χ1n) is 13.0. The molecule has 0 aliphatic carbocycles. The topological polar surface area (TPSA) is 125 Å². The summed E-state index contributed by atoms with van der Waals surface area (Å²) in [4.78, 5) is 38.6. The van der Waals surface area contributed by atoms with Gasteiger partial charge in [0.25, 0.3) is 5.56 Å². The van der Waals surface area contributed by atoms with Gasteiger partial charge in [-0.2, -0.15) is 13.2 Å². The summed E-state index contributed by atoms with van der Waals surface area (Å²) in [7, 11) is 0. The van der Waals surface area contributed by atoms with Gasteiger partial charge in [0.2, 0.25) is 11.9 Å². The normalized spacial score (nSPS) is 15.9. The molecule has 1 amide bonds. The number of aromatic nitrogens is 4. The molecule has 3 heterocycles. The number of alkyl halides is 3. The van der Waals surface area contributed by atoms with Crippen molar-refractivity contribution in [1.29, 1.82) is 0 Å². The fourth-order valence-electron chi connectivity index (χ4n) is 4.55. The number of nitrogens with one attached hydrogen (secondary N) is 2. The van der Waals surface area contributed by atoms with Crippen LogP contribution < -0.4 is 16.2 Å². The summed E-state index contributed by atoms with van der Waals surface area (Å²) in [5.74, 6) is 0.261. The maximum atomic E-state index is 12.8. The van der Waals surface area contributed by atoms with Crippen LogP contribution in [0.15, 0.2) is 59.8 Å². The Kier molecular flexibility index (Phi) is 9.03. The minimum atomic E-state index is -4.56. The van der Waals surface area contributed by atoms with Gasteiger partial charge in [-0.25, -0.2) is 15.0 Å². The zero-order valence-corrected chi connectivity index (χ0v) is 22.1. The molecule has 1 aliphatic rings. The van der Waals surface area contributed by atoms with Gasteiger partial charge in [-0.1, -0.05) is 37.3 Å². The summed E-state index contributed by atoms with van der Waals surface area (Å²) < 4.78 is 39.6. The fraction of sp³-hybridized carbons (Fsp3) is 0.444. The number of hydrogen-bond acceptors (Lipinski definition) is 8. The first kappa shape index (κ1) is 29.0. The van der Waals surface area contributed by atoms with Gasteiger partial charge >= 0.3 is 6.18 Å². The fourth-order valence-corrected chi connectivity index (χ4v) is 4.55. The lowest BCUT2D eigenvalue weighted by Gasteiger charge is -2.38. The van der Waals surface area contributed by atoms with Gasteiger partial charge in [0.05, 0.1) is 18.5 Å². The van der Waals surface area contributed by atoms with E-state index in [9.17, 15) is 27.9 Å². The lowest BCUT2D eigenvalue weighted by molar-refractivity contribution is -0.141. The Morgan fingerprint density at radius 1 is 1.10 bits per heavy atom. The third-order valence-electron chi connectivity index (χ3n) is 6.90. The van der Waals surface area contributed by atoms with Crippen LogP contribution in [-0.4, -0.2) is 67.2 Å². The van der Waals surface area contributed by atoms with Crippen molar-refractivity contribution in [3.8, 4) is 0 Å². The van der Waals surface area contributed by atoms with Crippen molar-refractivity contribution < 1.29 is 23.1 Å². The number of amides is 1. The van der Waals surface area contributed by atoms with Gasteiger partial charge in [-0.15, -0.1) is 0 Å². The van der Waals surface area contributed by atoms with Crippen LogP contribution >= 0.6 is 0 Å². The first-order valence-corrected chi connectivity index (χ1v) is 13.0. The van der Waals surface area contributed by atoms with Crippen LogP contribution in [0, 0.1) is 0 Å². The predicted molar refractivity (Wildman–Crippen MR) is 143 cm³/mol. The number of nitrogens with zero attached hydrogens (tertiary/aromatic N) is 5. The van der Waals surface area contributed by atoms with Crippen molar-refractivity contribution in [2.24, 2.45) is 0 Å². The minimum Gasteiger partial charge on any atom is -0.388 e. The van der Waals surface area contributed by atoms with Crippen molar-refractivity contribution >= 4 is 17.7 Å². The van der Waals surface area contributed by atoms with Crippen molar-refractivity contribution in [3.63, 3.8) is 0 Å². The Morgan fingerprint density at radius 2 is 1.80 bits per heavy atom. The van der Waals surface area contributed by atoms with Crippen LogP contribution in [-0.2, 0) is 17.5 Å². The van der Waals surface area contributed by atoms with E-state index < -0.39 is 17.5 Å². The molecular weight excluding hydrogens is 527 g/mol. The minimum absolute atomic E-state index is 0.0433. The van der Waals surface area contributed by atoms with Gasteiger partial charge in [-0.05, 0) is 30.4 Å². The lowest BCUT2D eigenvalue weighted by atomic mass is 9.90. The second-order valence-corrected chi connectivity index (χ2v) is 9.98. The van der Waals surface area contributed by atoms with E-state index in [0.29, 0.717) is 32.4 Å². The van der Waals surface area contributed by atoms with Crippen molar-refractivity contribution in [2.45, 2.75) is 50.4 Å². The largest absolute Gasteiger partial charge is 0.433 e. The summed E-state index contributed by atoms with van der Waals surface area (Å²) in [6.07, 6.45) is -1.13. The lowest BCUT2D eigenvalue weighted by Crippen LogP contribution is -2.49. The van der Waals surface area contributed by atoms with Gasteiger partial charge in [0, 0.05) is 44.9 Å². The quantitative estimate of drug-likeness (QED) is 0.324. The molecule has 3 aromatic rings. The molecule has 1 saturated heterocycles. The number of anilines is 2. The van der Waals surface area contributed by atoms with Crippen LogP contribution in [0.4, 0.5) is 24.9 Å². The Hall–Kier alpha value is -4.00. The van der Waals surface area contributed by atoms with E-state index in [1.54, 1.807) is 4.90 Å². The Labute approximate surface area is 229 Å². The molecule has 4 rings (SSSR count). The number of halogens is 3. The van der Waals surface area contributed by atoms with E-state index in [-0.39, 0.29) is 48.8 Å². The van der Waals surface area contributed by atoms with Gasteiger partial charge < -0.3 is 20.6 Å². The Morgan fingerprint density at radius 3 is 2.48 bits per heavy atom. The molecule has 214 valence electrons. The number of benzene rings is 1. The summed E-state index contributed by atoms with van der Waals surface area (Å²) in [6, 6.07) is 11.9. The summed E-state index contributed by atoms with van der Waals surface area (Å²) in [5.41, 5.74) is -1.44. The number of likely N-dealkylation sites (tertiary alicyclic amines) is 1. The van der Waals surface area contributed by atoms with E-state index in [4.69, 9.17) is 0 Å².